The van der Waals surface area contributed by atoms with Gasteiger partial charge in [-0.2, -0.15) is 0 Å². The zero-order valence-electron chi connectivity index (χ0n) is 8.00. The number of carbonyl (C=O) groups excluding carboxylic acids is 1. The predicted molar refractivity (Wildman–Crippen MR) is 63.8 cm³/mol. The van der Waals surface area contributed by atoms with Crippen LogP contribution in [0.25, 0.3) is 0 Å². The summed E-state index contributed by atoms with van der Waals surface area (Å²) in [6.07, 6.45) is 1.74. The first-order valence-electron chi connectivity index (χ1n) is 4.33. The van der Waals surface area contributed by atoms with Crippen molar-refractivity contribution in [1.82, 2.24) is 4.90 Å². The average molecular weight is 274 g/mol. The molecule has 0 fully saturated rings. The van der Waals surface area contributed by atoms with Gasteiger partial charge in [-0.25, -0.2) is 0 Å². The van der Waals surface area contributed by atoms with Crippen molar-refractivity contribution < 1.29 is 4.79 Å². The van der Waals surface area contributed by atoms with E-state index in [4.69, 9.17) is 0 Å². The molecule has 76 valence electrons. The molecule has 0 saturated heterocycles. The van der Waals surface area contributed by atoms with E-state index in [9.17, 15) is 4.79 Å². The van der Waals surface area contributed by atoms with E-state index in [1.54, 1.807) is 11.0 Å². The fraction of sp³-hybridized carbons (Fsp3) is 0.300. The molecule has 0 aromatic carbocycles. The highest BCUT2D eigenvalue weighted by Crippen LogP contribution is 2.21. The second-order valence-corrected chi connectivity index (χ2v) is 5.06. The highest BCUT2D eigenvalue weighted by atomic mass is 79.9. The fourth-order valence-electron chi connectivity index (χ4n) is 1.12. The van der Waals surface area contributed by atoms with Gasteiger partial charge in [-0.1, -0.05) is 6.08 Å². The second kappa shape index (κ2) is 5.32. The van der Waals surface area contributed by atoms with E-state index in [0.717, 1.165) is 9.35 Å². The Labute approximate surface area is 96.4 Å². The van der Waals surface area contributed by atoms with Crippen LogP contribution in [0.4, 0.5) is 0 Å². The third kappa shape index (κ3) is 2.69. The highest BCUT2D eigenvalue weighted by Gasteiger charge is 2.13. The maximum atomic E-state index is 11.8. The number of hydrogen-bond donors (Lipinski definition) is 0. The van der Waals surface area contributed by atoms with E-state index in [1.807, 2.05) is 18.4 Å². The number of halogens is 1. The van der Waals surface area contributed by atoms with E-state index in [1.165, 1.54) is 11.3 Å². The molecule has 0 aliphatic carbocycles. The number of amides is 1. The van der Waals surface area contributed by atoms with Crippen molar-refractivity contribution in [2.75, 3.05) is 13.1 Å². The molecule has 0 radical (unpaired) electrons. The van der Waals surface area contributed by atoms with E-state index in [2.05, 4.69) is 22.5 Å². The van der Waals surface area contributed by atoms with Gasteiger partial charge in [-0.3, -0.25) is 4.79 Å². The lowest BCUT2D eigenvalue weighted by Gasteiger charge is -2.17. The minimum Gasteiger partial charge on any atom is -0.335 e. The molecule has 2 nitrogen and oxygen atoms in total. The van der Waals surface area contributed by atoms with E-state index in [-0.39, 0.29) is 5.91 Å². The lowest BCUT2D eigenvalue weighted by molar-refractivity contribution is 0.0782. The zero-order chi connectivity index (χ0) is 10.6. The van der Waals surface area contributed by atoms with Crippen LogP contribution in [0, 0.1) is 0 Å². The van der Waals surface area contributed by atoms with Gasteiger partial charge in [0.1, 0.15) is 0 Å². The van der Waals surface area contributed by atoms with Crippen molar-refractivity contribution in [3.8, 4) is 0 Å². The molecule has 0 saturated carbocycles. The van der Waals surface area contributed by atoms with Gasteiger partial charge in [-0.05, 0) is 28.9 Å². The van der Waals surface area contributed by atoms with Crippen molar-refractivity contribution in [2.24, 2.45) is 0 Å². The van der Waals surface area contributed by atoms with Gasteiger partial charge >= 0.3 is 0 Å². The molecule has 1 heterocycles. The number of thiophene rings is 1. The zero-order valence-corrected chi connectivity index (χ0v) is 10.4. The summed E-state index contributed by atoms with van der Waals surface area (Å²) in [5.74, 6) is 0.0642. The lowest BCUT2D eigenvalue weighted by atomic mass is 10.3. The van der Waals surface area contributed by atoms with Gasteiger partial charge < -0.3 is 4.90 Å². The molecule has 0 aliphatic heterocycles. The van der Waals surface area contributed by atoms with Crippen molar-refractivity contribution in [3.05, 3.63) is 33.5 Å². The van der Waals surface area contributed by atoms with Crippen LogP contribution < -0.4 is 0 Å². The maximum absolute atomic E-state index is 11.8. The number of nitrogens with zero attached hydrogens (tertiary/aromatic N) is 1. The van der Waals surface area contributed by atoms with E-state index < -0.39 is 0 Å². The Bertz CT molecular complexity index is 335. The minimum absolute atomic E-state index is 0.0642. The van der Waals surface area contributed by atoms with Crippen molar-refractivity contribution in [3.63, 3.8) is 0 Å². The number of carbonyl (C=O) groups is 1. The Morgan fingerprint density at radius 3 is 2.93 bits per heavy atom. The number of likely N-dealkylation sites (N-methyl/N-ethyl adjacent to an activating group) is 1. The van der Waals surface area contributed by atoms with E-state index >= 15 is 0 Å². The monoisotopic (exact) mass is 273 g/mol. The van der Waals surface area contributed by atoms with Gasteiger partial charge in [0.25, 0.3) is 5.91 Å². The maximum Gasteiger partial charge on any atom is 0.255 e. The number of hydrogen-bond acceptors (Lipinski definition) is 2. The summed E-state index contributed by atoms with van der Waals surface area (Å²) < 4.78 is 0.982. The summed E-state index contributed by atoms with van der Waals surface area (Å²) in [5.41, 5.74) is 0.741. The molecule has 0 N–H and O–H groups in total. The van der Waals surface area contributed by atoms with Crippen LogP contribution in [0.3, 0.4) is 0 Å². The number of rotatable bonds is 4. The van der Waals surface area contributed by atoms with Crippen molar-refractivity contribution in [2.45, 2.75) is 6.92 Å². The summed E-state index contributed by atoms with van der Waals surface area (Å²) in [5, 5.41) is 1.86. The Hall–Kier alpha value is -0.610. The Morgan fingerprint density at radius 2 is 2.50 bits per heavy atom. The molecule has 1 aromatic rings. The fourth-order valence-corrected chi connectivity index (χ4v) is 2.25. The topological polar surface area (TPSA) is 20.3 Å². The van der Waals surface area contributed by atoms with Crippen molar-refractivity contribution in [1.29, 1.82) is 0 Å². The van der Waals surface area contributed by atoms with Gasteiger partial charge in [0, 0.05) is 18.5 Å². The quantitative estimate of drug-likeness (QED) is 0.772. The first-order valence-corrected chi connectivity index (χ1v) is 6.00. The predicted octanol–water partition coefficient (Wildman–Crippen LogP) is 3.16. The van der Waals surface area contributed by atoms with Crippen LogP contribution in [-0.2, 0) is 0 Å². The third-order valence-electron chi connectivity index (χ3n) is 1.83. The van der Waals surface area contributed by atoms with Crippen LogP contribution in [0.15, 0.2) is 27.9 Å². The van der Waals surface area contributed by atoms with Gasteiger partial charge in [0.15, 0.2) is 0 Å². The largest absolute Gasteiger partial charge is 0.335 e. The first kappa shape index (κ1) is 11.5. The van der Waals surface area contributed by atoms with Crippen molar-refractivity contribution >= 4 is 33.2 Å². The van der Waals surface area contributed by atoms with Crippen LogP contribution >= 0.6 is 27.3 Å². The molecule has 4 heteroatoms. The Kier molecular flexibility index (Phi) is 4.35. The van der Waals surface area contributed by atoms with Crippen LogP contribution in [0.1, 0.15) is 17.3 Å². The molecule has 0 atom stereocenters. The molecular formula is C10H12BrNOS. The Morgan fingerprint density at radius 1 is 1.79 bits per heavy atom. The molecule has 0 spiro atoms. The molecule has 0 bridgehead atoms. The third-order valence-corrected chi connectivity index (χ3v) is 3.34. The molecular weight excluding hydrogens is 262 g/mol. The smallest absolute Gasteiger partial charge is 0.255 e. The van der Waals surface area contributed by atoms with Gasteiger partial charge in [0.2, 0.25) is 0 Å². The molecule has 0 aliphatic rings. The second-order valence-electron chi connectivity index (χ2n) is 2.77. The molecule has 1 aromatic heterocycles. The normalized spacial score (nSPS) is 9.86. The van der Waals surface area contributed by atoms with Crippen LogP contribution in [0.2, 0.25) is 0 Å². The summed E-state index contributed by atoms with van der Waals surface area (Å²) in [7, 11) is 0. The highest BCUT2D eigenvalue weighted by molar-refractivity contribution is 9.11. The first-order chi connectivity index (χ1) is 6.69. The van der Waals surface area contributed by atoms with Gasteiger partial charge in [0.05, 0.1) is 9.35 Å². The minimum atomic E-state index is 0.0642. The standard InChI is InChI=1S/C10H12BrNOS/c1-3-5-12(4-2)10(13)8-6-9(11)14-7-8/h3,6-7H,1,4-5H2,2H3. The van der Waals surface area contributed by atoms with Crippen LogP contribution in [0.5, 0.6) is 0 Å². The SMILES string of the molecule is C=CCN(CC)C(=O)c1csc(Br)c1. The van der Waals surface area contributed by atoms with Crippen LogP contribution in [-0.4, -0.2) is 23.9 Å². The van der Waals surface area contributed by atoms with Gasteiger partial charge in [-0.15, -0.1) is 17.9 Å². The summed E-state index contributed by atoms with van der Waals surface area (Å²) >= 11 is 4.86. The van der Waals surface area contributed by atoms with E-state index in [0.29, 0.717) is 13.1 Å². The molecule has 0 unspecified atom stereocenters. The summed E-state index contributed by atoms with van der Waals surface area (Å²) in [4.78, 5) is 13.6. The summed E-state index contributed by atoms with van der Waals surface area (Å²) in [6.45, 7) is 6.90. The molecule has 1 amide bonds. The molecule has 14 heavy (non-hydrogen) atoms. The average Bonchev–Trinajstić information content (AvgIpc) is 2.60. The lowest BCUT2D eigenvalue weighted by Crippen LogP contribution is -2.30. The molecule has 1 rings (SSSR count). The Balaban J connectivity index is 2.77. The summed E-state index contributed by atoms with van der Waals surface area (Å²) in [6, 6.07) is 1.85.